The SMILES string of the molecule is CC(C)CCCC(C)NC(=O)Cc1ccc(C(F)(F)F)cc1. The third-order valence-electron chi connectivity index (χ3n) is 3.47. The minimum atomic E-state index is -4.34. The highest BCUT2D eigenvalue weighted by Crippen LogP contribution is 2.29. The van der Waals surface area contributed by atoms with Gasteiger partial charge in [0.05, 0.1) is 12.0 Å². The smallest absolute Gasteiger partial charge is 0.353 e. The molecule has 22 heavy (non-hydrogen) atoms. The van der Waals surface area contributed by atoms with Crippen LogP contribution in [0.4, 0.5) is 13.2 Å². The van der Waals surface area contributed by atoms with Gasteiger partial charge < -0.3 is 5.32 Å². The van der Waals surface area contributed by atoms with E-state index < -0.39 is 11.7 Å². The molecule has 2 nitrogen and oxygen atoms in total. The molecule has 1 aromatic rings. The lowest BCUT2D eigenvalue weighted by Gasteiger charge is -2.14. The zero-order valence-corrected chi connectivity index (χ0v) is 13.3. The number of halogens is 3. The van der Waals surface area contributed by atoms with Gasteiger partial charge in [0.25, 0.3) is 0 Å². The molecule has 124 valence electrons. The average molecular weight is 315 g/mol. The Bertz CT molecular complexity index is 466. The summed E-state index contributed by atoms with van der Waals surface area (Å²) in [5, 5.41) is 2.89. The molecule has 1 aromatic carbocycles. The van der Waals surface area contributed by atoms with E-state index in [1.807, 2.05) is 6.92 Å². The largest absolute Gasteiger partial charge is 0.416 e. The molecule has 0 radical (unpaired) electrons. The van der Waals surface area contributed by atoms with Crippen molar-refractivity contribution < 1.29 is 18.0 Å². The standard InChI is InChI=1S/C17H24F3NO/c1-12(2)5-4-6-13(3)21-16(22)11-14-7-9-15(10-8-14)17(18,19)20/h7-10,12-13H,4-6,11H2,1-3H3,(H,21,22). The Balaban J connectivity index is 2.41. The van der Waals surface area contributed by atoms with E-state index in [0.717, 1.165) is 31.4 Å². The monoisotopic (exact) mass is 315 g/mol. The van der Waals surface area contributed by atoms with Gasteiger partial charge in [-0.15, -0.1) is 0 Å². The lowest BCUT2D eigenvalue weighted by Crippen LogP contribution is -2.33. The first-order valence-electron chi connectivity index (χ1n) is 7.64. The lowest BCUT2D eigenvalue weighted by atomic mass is 10.0. The highest BCUT2D eigenvalue weighted by Gasteiger charge is 2.29. The summed E-state index contributed by atoms with van der Waals surface area (Å²) >= 11 is 0. The van der Waals surface area contributed by atoms with Crippen molar-refractivity contribution in [1.82, 2.24) is 5.32 Å². The average Bonchev–Trinajstić information content (AvgIpc) is 2.37. The second kappa shape index (κ2) is 8.20. The Labute approximate surface area is 130 Å². The second-order valence-corrected chi connectivity index (χ2v) is 6.16. The molecule has 0 aliphatic heterocycles. The number of rotatable bonds is 7. The van der Waals surface area contributed by atoms with Gasteiger partial charge in [-0.1, -0.05) is 38.8 Å². The van der Waals surface area contributed by atoms with Gasteiger partial charge >= 0.3 is 6.18 Å². The molecule has 1 rings (SSSR count). The van der Waals surface area contributed by atoms with Crippen molar-refractivity contribution in [3.63, 3.8) is 0 Å². The summed E-state index contributed by atoms with van der Waals surface area (Å²) in [6.45, 7) is 6.27. The predicted octanol–water partition coefficient (Wildman–Crippen LogP) is 4.58. The van der Waals surface area contributed by atoms with E-state index in [0.29, 0.717) is 11.5 Å². The zero-order valence-electron chi connectivity index (χ0n) is 13.3. The van der Waals surface area contributed by atoms with Gasteiger partial charge in [0.2, 0.25) is 5.91 Å². The van der Waals surface area contributed by atoms with E-state index in [-0.39, 0.29) is 18.4 Å². The summed E-state index contributed by atoms with van der Waals surface area (Å²) in [7, 11) is 0. The molecule has 0 saturated heterocycles. The van der Waals surface area contributed by atoms with Crippen molar-refractivity contribution in [2.45, 2.75) is 58.7 Å². The highest BCUT2D eigenvalue weighted by atomic mass is 19.4. The molecule has 1 N–H and O–H groups in total. The topological polar surface area (TPSA) is 29.1 Å². The number of hydrogen-bond donors (Lipinski definition) is 1. The van der Waals surface area contributed by atoms with Gasteiger partial charge in [-0.2, -0.15) is 13.2 Å². The van der Waals surface area contributed by atoms with Crippen LogP contribution in [0.5, 0.6) is 0 Å². The Morgan fingerprint density at radius 1 is 1.09 bits per heavy atom. The summed E-state index contributed by atoms with van der Waals surface area (Å²) in [6.07, 6.45) is -1.15. The fraction of sp³-hybridized carbons (Fsp3) is 0.588. The molecule has 5 heteroatoms. The van der Waals surface area contributed by atoms with Crippen molar-refractivity contribution in [1.29, 1.82) is 0 Å². The first-order chi connectivity index (χ1) is 10.2. The molecule has 0 aliphatic carbocycles. The van der Waals surface area contributed by atoms with Crippen LogP contribution in [0.3, 0.4) is 0 Å². The van der Waals surface area contributed by atoms with E-state index in [9.17, 15) is 18.0 Å². The Morgan fingerprint density at radius 2 is 1.68 bits per heavy atom. The summed E-state index contributed by atoms with van der Waals surface area (Å²) in [5.41, 5.74) is -0.112. The van der Waals surface area contributed by atoms with Crippen LogP contribution >= 0.6 is 0 Å². The molecule has 0 saturated carbocycles. The number of benzene rings is 1. The maximum atomic E-state index is 12.4. The van der Waals surface area contributed by atoms with Crippen LogP contribution in [0, 0.1) is 5.92 Å². The van der Waals surface area contributed by atoms with Gasteiger partial charge in [-0.3, -0.25) is 4.79 Å². The molecule has 0 heterocycles. The predicted molar refractivity (Wildman–Crippen MR) is 81.4 cm³/mol. The molecule has 1 amide bonds. The molecule has 0 aromatic heterocycles. The quantitative estimate of drug-likeness (QED) is 0.784. The number of amides is 1. The third-order valence-corrected chi connectivity index (χ3v) is 3.47. The van der Waals surface area contributed by atoms with E-state index >= 15 is 0 Å². The molecule has 1 atom stereocenters. The maximum Gasteiger partial charge on any atom is 0.416 e. The minimum Gasteiger partial charge on any atom is -0.353 e. The zero-order chi connectivity index (χ0) is 16.8. The van der Waals surface area contributed by atoms with Gasteiger partial charge in [-0.05, 0) is 37.0 Å². The minimum absolute atomic E-state index is 0.0840. The summed E-state index contributed by atoms with van der Waals surface area (Å²) in [4.78, 5) is 11.9. The highest BCUT2D eigenvalue weighted by molar-refractivity contribution is 5.78. The number of alkyl halides is 3. The Kier molecular flexibility index (Phi) is 6.91. The molecule has 0 spiro atoms. The van der Waals surface area contributed by atoms with Crippen molar-refractivity contribution in [2.24, 2.45) is 5.92 Å². The van der Waals surface area contributed by atoms with E-state index in [2.05, 4.69) is 19.2 Å². The van der Waals surface area contributed by atoms with Gasteiger partial charge in [0.15, 0.2) is 0 Å². The number of carbonyl (C=O) groups is 1. The van der Waals surface area contributed by atoms with Gasteiger partial charge in [0.1, 0.15) is 0 Å². The summed E-state index contributed by atoms with van der Waals surface area (Å²) in [6, 6.07) is 4.81. The Hall–Kier alpha value is -1.52. The van der Waals surface area contributed by atoms with E-state index in [4.69, 9.17) is 0 Å². The van der Waals surface area contributed by atoms with E-state index in [1.54, 1.807) is 0 Å². The van der Waals surface area contributed by atoms with Crippen molar-refractivity contribution in [2.75, 3.05) is 0 Å². The van der Waals surface area contributed by atoms with E-state index in [1.165, 1.54) is 12.1 Å². The summed E-state index contributed by atoms with van der Waals surface area (Å²) < 4.78 is 37.3. The number of nitrogens with one attached hydrogen (secondary N) is 1. The van der Waals surface area contributed by atoms with Gasteiger partial charge in [0, 0.05) is 6.04 Å². The van der Waals surface area contributed by atoms with Crippen molar-refractivity contribution >= 4 is 5.91 Å². The van der Waals surface area contributed by atoms with Crippen LogP contribution in [0.25, 0.3) is 0 Å². The van der Waals surface area contributed by atoms with Crippen LogP contribution in [-0.2, 0) is 17.4 Å². The lowest BCUT2D eigenvalue weighted by molar-refractivity contribution is -0.137. The molecule has 0 bridgehead atoms. The molecular weight excluding hydrogens is 291 g/mol. The van der Waals surface area contributed by atoms with Crippen LogP contribution in [0.15, 0.2) is 24.3 Å². The van der Waals surface area contributed by atoms with Gasteiger partial charge in [-0.25, -0.2) is 0 Å². The fourth-order valence-electron chi connectivity index (χ4n) is 2.23. The first-order valence-corrected chi connectivity index (χ1v) is 7.64. The van der Waals surface area contributed by atoms with Crippen molar-refractivity contribution in [3.8, 4) is 0 Å². The Morgan fingerprint density at radius 3 is 2.18 bits per heavy atom. The molecular formula is C17H24F3NO. The fourth-order valence-corrected chi connectivity index (χ4v) is 2.23. The van der Waals surface area contributed by atoms with Crippen LogP contribution in [0.2, 0.25) is 0 Å². The molecule has 0 fully saturated rings. The van der Waals surface area contributed by atoms with Crippen LogP contribution in [-0.4, -0.2) is 11.9 Å². The normalized spacial score (nSPS) is 13.2. The van der Waals surface area contributed by atoms with Crippen LogP contribution in [0.1, 0.15) is 51.2 Å². The number of carbonyl (C=O) groups excluding carboxylic acids is 1. The number of hydrogen-bond acceptors (Lipinski definition) is 1. The molecule has 1 unspecified atom stereocenters. The third kappa shape index (κ3) is 6.96. The maximum absolute atomic E-state index is 12.4. The molecule has 0 aliphatic rings. The first kappa shape index (κ1) is 18.5. The van der Waals surface area contributed by atoms with Crippen molar-refractivity contribution in [3.05, 3.63) is 35.4 Å². The summed E-state index contributed by atoms with van der Waals surface area (Å²) in [5.74, 6) is 0.492. The van der Waals surface area contributed by atoms with Crippen LogP contribution < -0.4 is 5.32 Å². The second-order valence-electron chi connectivity index (χ2n) is 6.16.